The fraction of sp³-hybridized carbons (Fsp3) is 0.240. The van der Waals surface area contributed by atoms with Crippen LogP contribution in [-0.4, -0.2) is 29.3 Å². The van der Waals surface area contributed by atoms with Gasteiger partial charge in [0.25, 0.3) is 5.56 Å². The van der Waals surface area contributed by atoms with E-state index in [9.17, 15) is 14.4 Å². The number of thiophene rings is 1. The van der Waals surface area contributed by atoms with Crippen molar-refractivity contribution in [2.45, 2.75) is 26.9 Å². The molecule has 0 aliphatic heterocycles. The summed E-state index contributed by atoms with van der Waals surface area (Å²) in [4.78, 5) is 39.5. The van der Waals surface area contributed by atoms with Crippen LogP contribution in [0.25, 0.3) is 15.9 Å². The lowest BCUT2D eigenvalue weighted by atomic mass is 10.1. The lowest BCUT2D eigenvalue weighted by Gasteiger charge is -2.15. The van der Waals surface area contributed by atoms with E-state index in [1.165, 1.54) is 23.0 Å². The molecule has 0 saturated carbocycles. The SMILES string of the molecule is COc1cccc(CNC(=O)Cn2c(=O)n(-c3cc(C)ccc3C)c(=O)c3sccc32)c1OC. The fourth-order valence-corrected chi connectivity index (χ4v) is 4.72. The Hall–Kier alpha value is -3.85. The zero-order valence-corrected chi connectivity index (χ0v) is 20.2. The maximum absolute atomic E-state index is 13.5. The van der Waals surface area contributed by atoms with E-state index in [0.717, 1.165) is 21.3 Å². The molecule has 0 fully saturated rings. The van der Waals surface area contributed by atoms with Gasteiger partial charge in [-0.25, -0.2) is 9.36 Å². The predicted molar refractivity (Wildman–Crippen MR) is 133 cm³/mol. The van der Waals surface area contributed by atoms with E-state index in [1.54, 1.807) is 30.7 Å². The van der Waals surface area contributed by atoms with Gasteiger partial charge in [-0.3, -0.25) is 14.2 Å². The van der Waals surface area contributed by atoms with E-state index in [1.807, 2.05) is 38.1 Å². The lowest BCUT2D eigenvalue weighted by Crippen LogP contribution is -2.41. The Labute approximate surface area is 200 Å². The molecule has 8 nitrogen and oxygen atoms in total. The van der Waals surface area contributed by atoms with E-state index in [-0.39, 0.29) is 24.6 Å². The molecule has 176 valence electrons. The van der Waals surface area contributed by atoms with Gasteiger partial charge >= 0.3 is 5.69 Å². The van der Waals surface area contributed by atoms with Gasteiger partial charge in [-0.2, -0.15) is 0 Å². The van der Waals surface area contributed by atoms with Gasteiger partial charge in [-0.15, -0.1) is 11.3 Å². The molecule has 0 bridgehead atoms. The van der Waals surface area contributed by atoms with Crippen molar-refractivity contribution >= 4 is 27.5 Å². The zero-order chi connectivity index (χ0) is 24.4. The summed E-state index contributed by atoms with van der Waals surface area (Å²) in [5.41, 5.74) is 2.47. The van der Waals surface area contributed by atoms with Crippen molar-refractivity contribution in [1.29, 1.82) is 0 Å². The Morgan fingerprint density at radius 1 is 1.06 bits per heavy atom. The van der Waals surface area contributed by atoms with Crippen molar-refractivity contribution in [3.05, 3.63) is 85.4 Å². The van der Waals surface area contributed by atoms with Crippen LogP contribution < -0.4 is 26.0 Å². The van der Waals surface area contributed by atoms with Crippen molar-refractivity contribution in [2.24, 2.45) is 0 Å². The van der Waals surface area contributed by atoms with Crippen LogP contribution >= 0.6 is 11.3 Å². The quantitative estimate of drug-likeness (QED) is 0.440. The average molecular weight is 480 g/mol. The molecule has 4 aromatic rings. The van der Waals surface area contributed by atoms with Gasteiger partial charge in [0.1, 0.15) is 11.2 Å². The van der Waals surface area contributed by atoms with Crippen molar-refractivity contribution < 1.29 is 14.3 Å². The molecule has 1 amide bonds. The van der Waals surface area contributed by atoms with Crippen molar-refractivity contribution in [3.63, 3.8) is 0 Å². The lowest BCUT2D eigenvalue weighted by molar-refractivity contribution is -0.121. The first-order chi connectivity index (χ1) is 16.3. The van der Waals surface area contributed by atoms with Crippen LogP contribution in [0.15, 0.2) is 57.4 Å². The Morgan fingerprint density at radius 3 is 2.59 bits per heavy atom. The number of aromatic nitrogens is 2. The number of benzene rings is 2. The molecule has 2 heterocycles. The molecule has 0 unspecified atom stereocenters. The summed E-state index contributed by atoms with van der Waals surface area (Å²) in [5, 5.41) is 4.58. The molecular formula is C25H25N3O5S. The number of para-hydroxylation sites is 1. The van der Waals surface area contributed by atoms with Gasteiger partial charge in [0.2, 0.25) is 5.91 Å². The highest BCUT2D eigenvalue weighted by atomic mass is 32.1. The van der Waals surface area contributed by atoms with E-state index in [4.69, 9.17) is 9.47 Å². The largest absolute Gasteiger partial charge is 0.493 e. The first-order valence-corrected chi connectivity index (χ1v) is 11.5. The number of carbonyl (C=O) groups is 1. The van der Waals surface area contributed by atoms with Crippen LogP contribution in [0, 0.1) is 13.8 Å². The molecule has 0 aliphatic rings. The number of aryl methyl sites for hydroxylation is 2. The molecule has 0 atom stereocenters. The fourth-order valence-electron chi connectivity index (χ4n) is 3.90. The number of hydrogen-bond acceptors (Lipinski definition) is 6. The Bertz CT molecular complexity index is 1500. The van der Waals surface area contributed by atoms with Crippen LogP contribution in [0.3, 0.4) is 0 Å². The Morgan fingerprint density at radius 2 is 1.85 bits per heavy atom. The molecule has 4 rings (SSSR count). The van der Waals surface area contributed by atoms with E-state index in [0.29, 0.717) is 27.4 Å². The van der Waals surface area contributed by atoms with Gasteiger partial charge in [0.05, 0.1) is 25.4 Å². The molecule has 34 heavy (non-hydrogen) atoms. The van der Waals surface area contributed by atoms with E-state index >= 15 is 0 Å². The molecule has 0 saturated heterocycles. The van der Waals surface area contributed by atoms with Crippen LogP contribution in [-0.2, 0) is 17.9 Å². The van der Waals surface area contributed by atoms with Gasteiger partial charge < -0.3 is 14.8 Å². The number of nitrogens with zero attached hydrogens (tertiary/aromatic N) is 2. The number of amides is 1. The second kappa shape index (κ2) is 9.56. The molecule has 0 spiro atoms. The Balaban J connectivity index is 1.70. The highest BCUT2D eigenvalue weighted by molar-refractivity contribution is 7.17. The molecule has 1 N–H and O–H groups in total. The molecule has 0 aliphatic carbocycles. The standard InChI is InChI=1S/C25H25N3O5S/c1-15-8-9-16(2)19(12-15)28-24(30)23-18(10-11-34-23)27(25(28)31)14-21(29)26-13-17-6-5-7-20(32-3)22(17)33-4/h5-12H,13-14H2,1-4H3,(H,26,29). The highest BCUT2D eigenvalue weighted by Crippen LogP contribution is 2.30. The minimum absolute atomic E-state index is 0.192. The number of carbonyl (C=O) groups excluding carboxylic acids is 1. The summed E-state index contributed by atoms with van der Waals surface area (Å²) >= 11 is 1.25. The monoisotopic (exact) mass is 479 g/mol. The third kappa shape index (κ3) is 4.22. The minimum atomic E-state index is -0.557. The summed E-state index contributed by atoms with van der Waals surface area (Å²) in [6, 6.07) is 12.7. The van der Waals surface area contributed by atoms with E-state index < -0.39 is 5.69 Å². The number of fused-ring (bicyclic) bond motifs is 1. The first kappa shape index (κ1) is 23.3. The molecule has 2 aromatic carbocycles. The normalized spacial score (nSPS) is 10.9. The van der Waals surface area contributed by atoms with Gasteiger partial charge in [0, 0.05) is 12.1 Å². The summed E-state index contributed by atoms with van der Waals surface area (Å²) in [6.07, 6.45) is 0. The maximum atomic E-state index is 13.5. The average Bonchev–Trinajstić information content (AvgIpc) is 3.32. The van der Waals surface area contributed by atoms with Crippen LogP contribution in [0.5, 0.6) is 11.5 Å². The molecule has 2 aromatic heterocycles. The van der Waals surface area contributed by atoms with Crippen LogP contribution in [0.2, 0.25) is 0 Å². The number of nitrogens with one attached hydrogen (secondary N) is 1. The number of rotatable bonds is 7. The highest BCUT2D eigenvalue weighted by Gasteiger charge is 2.19. The van der Waals surface area contributed by atoms with Crippen molar-refractivity contribution in [3.8, 4) is 17.2 Å². The van der Waals surface area contributed by atoms with Crippen molar-refractivity contribution in [2.75, 3.05) is 14.2 Å². The Kier molecular flexibility index (Phi) is 6.56. The second-order valence-corrected chi connectivity index (χ2v) is 8.78. The van der Waals surface area contributed by atoms with Crippen molar-refractivity contribution in [1.82, 2.24) is 14.5 Å². The van der Waals surface area contributed by atoms with Gasteiger partial charge in [0.15, 0.2) is 11.5 Å². The third-order valence-corrected chi connectivity index (χ3v) is 6.51. The second-order valence-electron chi connectivity index (χ2n) is 7.86. The summed E-state index contributed by atoms with van der Waals surface area (Å²) < 4.78 is 13.6. The van der Waals surface area contributed by atoms with E-state index in [2.05, 4.69) is 5.32 Å². The number of ether oxygens (including phenoxy) is 2. The van der Waals surface area contributed by atoms with Gasteiger partial charge in [-0.1, -0.05) is 24.3 Å². The summed E-state index contributed by atoms with van der Waals surface area (Å²) in [6.45, 7) is 3.70. The summed E-state index contributed by atoms with van der Waals surface area (Å²) in [5.74, 6) is 0.725. The van der Waals surface area contributed by atoms with Gasteiger partial charge in [-0.05, 0) is 48.6 Å². The zero-order valence-electron chi connectivity index (χ0n) is 19.4. The minimum Gasteiger partial charge on any atom is -0.493 e. The predicted octanol–water partition coefficient (Wildman–Crippen LogP) is 3.16. The summed E-state index contributed by atoms with van der Waals surface area (Å²) in [7, 11) is 3.08. The number of hydrogen-bond donors (Lipinski definition) is 1. The van der Waals surface area contributed by atoms with Crippen LogP contribution in [0.4, 0.5) is 0 Å². The maximum Gasteiger partial charge on any atom is 0.336 e. The smallest absolute Gasteiger partial charge is 0.336 e. The molecule has 9 heteroatoms. The van der Waals surface area contributed by atoms with Crippen LogP contribution in [0.1, 0.15) is 16.7 Å². The topological polar surface area (TPSA) is 91.6 Å². The molecular weight excluding hydrogens is 454 g/mol. The third-order valence-electron chi connectivity index (χ3n) is 5.62. The number of methoxy groups -OCH3 is 2. The molecule has 0 radical (unpaired) electrons. The first-order valence-electron chi connectivity index (χ1n) is 10.6.